The summed E-state index contributed by atoms with van der Waals surface area (Å²) < 4.78 is 0. The lowest BCUT2D eigenvalue weighted by atomic mass is 10.0. The molecule has 0 aliphatic rings. The number of nitrogens with one attached hydrogen (secondary N) is 1. The largest absolute Gasteiger partial charge is 0.310 e. The summed E-state index contributed by atoms with van der Waals surface area (Å²) in [5, 5.41) is 3.38. The Balaban J connectivity index is 2.71. The lowest BCUT2D eigenvalue weighted by Gasteiger charge is -2.12. The minimum atomic E-state index is 0.303. The molecule has 0 aliphatic carbocycles. The third-order valence-corrected chi connectivity index (χ3v) is 2.60. The van der Waals surface area contributed by atoms with Crippen molar-refractivity contribution < 1.29 is 4.79 Å². The number of hydrogen-bond acceptors (Lipinski definition) is 2. The van der Waals surface area contributed by atoms with Crippen LogP contribution in [-0.2, 0) is 17.8 Å². The number of rotatable bonds is 6. The fourth-order valence-electron chi connectivity index (χ4n) is 1.55. The maximum Gasteiger partial charge on any atom is 0.137 e. The number of Topliss-reactive ketones (excluding diaryl/α,β-unsaturated/α-hetero) is 1. The maximum absolute atomic E-state index is 11.5. The summed E-state index contributed by atoms with van der Waals surface area (Å²) in [5.41, 5.74) is 2.39. The van der Waals surface area contributed by atoms with Gasteiger partial charge >= 0.3 is 0 Å². The third kappa shape index (κ3) is 4.15. The third-order valence-electron chi connectivity index (χ3n) is 2.60. The van der Waals surface area contributed by atoms with Crippen LogP contribution in [0, 0.1) is 0 Å². The van der Waals surface area contributed by atoms with Crippen LogP contribution in [0.3, 0.4) is 0 Å². The molecule has 1 aromatic rings. The molecule has 0 saturated carbocycles. The highest BCUT2D eigenvalue weighted by Crippen LogP contribution is 2.10. The molecule has 2 heteroatoms. The van der Waals surface area contributed by atoms with E-state index in [0.717, 1.165) is 12.1 Å². The molecule has 16 heavy (non-hydrogen) atoms. The second-order valence-corrected chi connectivity index (χ2v) is 4.37. The van der Waals surface area contributed by atoms with Gasteiger partial charge in [-0.25, -0.2) is 0 Å². The second kappa shape index (κ2) is 6.44. The summed E-state index contributed by atoms with van der Waals surface area (Å²) in [4.78, 5) is 11.5. The van der Waals surface area contributed by atoms with Crippen LogP contribution in [0.25, 0.3) is 0 Å². The molecule has 0 aromatic heterocycles. The highest BCUT2D eigenvalue weighted by Gasteiger charge is 2.06. The Morgan fingerprint density at radius 1 is 1.25 bits per heavy atom. The van der Waals surface area contributed by atoms with Crippen LogP contribution < -0.4 is 5.32 Å². The molecule has 0 saturated heterocycles. The maximum atomic E-state index is 11.5. The monoisotopic (exact) mass is 219 g/mol. The van der Waals surface area contributed by atoms with Gasteiger partial charge in [-0.3, -0.25) is 4.79 Å². The smallest absolute Gasteiger partial charge is 0.137 e. The van der Waals surface area contributed by atoms with Crippen LogP contribution in [0.1, 0.15) is 38.3 Å². The van der Waals surface area contributed by atoms with Gasteiger partial charge < -0.3 is 5.32 Å². The molecule has 2 nitrogen and oxygen atoms in total. The van der Waals surface area contributed by atoms with Gasteiger partial charge in [-0.1, -0.05) is 45.0 Å². The molecule has 1 aromatic carbocycles. The van der Waals surface area contributed by atoms with E-state index in [2.05, 4.69) is 25.2 Å². The molecule has 0 fully saturated rings. The van der Waals surface area contributed by atoms with Gasteiger partial charge in [0, 0.05) is 25.4 Å². The minimum Gasteiger partial charge on any atom is -0.310 e. The molecule has 0 unspecified atom stereocenters. The Morgan fingerprint density at radius 2 is 1.88 bits per heavy atom. The topological polar surface area (TPSA) is 29.1 Å². The van der Waals surface area contributed by atoms with Crippen molar-refractivity contribution in [2.75, 3.05) is 0 Å². The summed E-state index contributed by atoms with van der Waals surface area (Å²) >= 11 is 0. The van der Waals surface area contributed by atoms with Gasteiger partial charge in [0.05, 0.1) is 0 Å². The van der Waals surface area contributed by atoms with E-state index in [9.17, 15) is 4.79 Å². The van der Waals surface area contributed by atoms with Crippen molar-refractivity contribution in [1.82, 2.24) is 5.32 Å². The fourth-order valence-corrected chi connectivity index (χ4v) is 1.55. The van der Waals surface area contributed by atoms with E-state index < -0.39 is 0 Å². The molecule has 0 aliphatic heterocycles. The molecule has 1 N–H and O–H groups in total. The first-order chi connectivity index (χ1) is 7.63. The Labute approximate surface area is 98.1 Å². The van der Waals surface area contributed by atoms with E-state index in [4.69, 9.17) is 0 Å². The molecule has 0 bridgehead atoms. The van der Waals surface area contributed by atoms with Crippen molar-refractivity contribution in [2.24, 2.45) is 0 Å². The van der Waals surface area contributed by atoms with E-state index in [-0.39, 0.29) is 0 Å². The van der Waals surface area contributed by atoms with Crippen molar-refractivity contribution in [2.45, 2.75) is 46.2 Å². The number of hydrogen-bond donors (Lipinski definition) is 1. The number of carbonyl (C=O) groups is 1. The lowest BCUT2D eigenvalue weighted by Crippen LogP contribution is -2.22. The molecule has 0 spiro atoms. The highest BCUT2D eigenvalue weighted by atomic mass is 16.1. The van der Waals surface area contributed by atoms with Crippen molar-refractivity contribution in [3.8, 4) is 0 Å². The van der Waals surface area contributed by atoms with Gasteiger partial charge in [-0.05, 0) is 11.1 Å². The molecule has 0 atom stereocenters. The molecule has 0 radical (unpaired) electrons. The number of ketones is 1. The zero-order valence-electron chi connectivity index (χ0n) is 10.4. The van der Waals surface area contributed by atoms with Gasteiger partial charge in [0.2, 0.25) is 0 Å². The van der Waals surface area contributed by atoms with Crippen LogP contribution in [0.5, 0.6) is 0 Å². The average Bonchev–Trinajstić information content (AvgIpc) is 2.27. The summed E-state index contributed by atoms with van der Waals surface area (Å²) in [5.74, 6) is 0.303. The van der Waals surface area contributed by atoms with Crippen LogP contribution in [0.2, 0.25) is 0 Å². The van der Waals surface area contributed by atoms with Crippen LogP contribution in [0.4, 0.5) is 0 Å². The first-order valence-electron chi connectivity index (χ1n) is 5.95. The standard InChI is InChI=1S/C14H21NO/c1-4-14(16)9-12-7-5-6-8-13(12)10-15-11(2)3/h5-8,11,15H,4,9-10H2,1-3H3. The van der Waals surface area contributed by atoms with E-state index >= 15 is 0 Å². The molecular formula is C14H21NO. The molecular weight excluding hydrogens is 198 g/mol. The van der Waals surface area contributed by atoms with Crippen LogP contribution >= 0.6 is 0 Å². The summed E-state index contributed by atoms with van der Waals surface area (Å²) in [6.45, 7) is 7.00. The Kier molecular flexibility index (Phi) is 5.20. The summed E-state index contributed by atoms with van der Waals surface area (Å²) in [7, 11) is 0. The van der Waals surface area contributed by atoms with Gasteiger partial charge in [-0.2, -0.15) is 0 Å². The molecule has 1 rings (SSSR count). The average molecular weight is 219 g/mol. The zero-order valence-corrected chi connectivity index (χ0v) is 10.4. The number of benzene rings is 1. The highest BCUT2D eigenvalue weighted by molar-refractivity contribution is 5.80. The van der Waals surface area contributed by atoms with Gasteiger partial charge in [0.1, 0.15) is 5.78 Å². The van der Waals surface area contributed by atoms with E-state index in [0.29, 0.717) is 24.7 Å². The first kappa shape index (κ1) is 12.9. The van der Waals surface area contributed by atoms with E-state index in [1.54, 1.807) is 0 Å². The summed E-state index contributed by atoms with van der Waals surface area (Å²) in [6.07, 6.45) is 1.18. The molecule has 88 valence electrons. The Morgan fingerprint density at radius 3 is 2.44 bits per heavy atom. The van der Waals surface area contributed by atoms with Crippen molar-refractivity contribution in [3.63, 3.8) is 0 Å². The lowest BCUT2D eigenvalue weighted by molar-refractivity contribution is -0.118. The molecule has 0 amide bonds. The first-order valence-corrected chi connectivity index (χ1v) is 5.95. The van der Waals surface area contributed by atoms with E-state index in [1.807, 2.05) is 25.1 Å². The second-order valence-electron chi connectivity index (χ2n) is 4.37. The van der Waals surface area contributed by atoms with Gasteiger partial charge in [0.15, 0.2) is 0 Å². The van der Waals surface area contributed by atoms with E-state index in [1.165, 1.54) is 5.56 Å². The van der Waals surface area contributed by atoms with Crippen molar-refractivity contribution in [1.29, 1.82) is 0 Å². The SMILES string of the molecule is CCC(=O)Cc1ccccc1CNC(C)C. The predicted molar refractivity (Wildman–Crippen MR) is 67.4 cm³/mol. The van der Waals surface area contributed by atoms with Crippen molar-refractivity contribution >= 4 is 5.78 Å². The fraction of sp³-hybridized carbons (Fsp3) is 0.500. The quantitative estimate of drug-likeness (QED) is 0.797. The summed E-state index contributed by atoms with van der Waals surface area (Å²) in [6, 6.07) is 8.63. The normalized spacial score (nSPS) is 10.8. The minimum absolute atomic E-state index is 0.303. The Bertz CT molecular complexity index is 344. The zero-order chi connectivity index (χ0) is 12.0. The van der Waals surface area contributed by atoms with Gasteiger partial charge in [0.25, 0.3) is 0 Å². The Hall–Kier alpha value is -1.15. The number of carbonyl (C=O) groups excluding carboxylic acids is 1. The van der Waals surface area contributed by atoms with Gasteiger partial charge in [-0.15, -0.1) is 0 Å². The predicted octanol–water partition coefficient (Wildman–Crippen LogP) is 2.71. The van der Waals surface area contributed by atoms with Crippen LogP contribution in [-0.4, -0.2) is 11.8 Å². The molecule has 0 heterocycles. The van der Waals surface area contributed by atoms with Crippen molar-refractivity contribution in [3.05, 3.63) is 35.4 Å². The van der Waals surface area contributed by atoms with Crippen LogP contribution in [0.15, 0.2) is 24.3 Å².